The molecule has 2 aromatic heterocycles. The minimum atomic E-state index is -4.74. The predicted molar refractivity (Wildman–Crippen MR) is 153 cm³/mol. The molecule has 0 spiro atoms. The molecule has 14 heteroatoms. The molecular weight excluding hydrogens is 553 g/mol. The van der Waals surface area contributed by atoms with Crippen LogP contribution in [0.4, 0.5) is 47.8 Å². The van der Waals surface area contributed by atoms with Crippen molar-refractivity contribution in [2.75, 3.05) is 47.6 Å². The molecule has 2 amide bonds. The maximum Gasteiger partial charge on any atom is 0.421 e. The lowest BCUT2D eigenvalue weighted by Gasteiger charge is -2.24. The van der Waals surface area contributed by atoms with Gasteiger partial charge >= 0.3 is 6.18 Å². The molecule has 42 heavy (non-hydrogen) atoms. The maximum absolute atomic E-state index is 13.8. The minimum absolute atomic E-state index is 0.129. The van der Waals surface area contributed by atoms with E-state index in [-0.39, 0.29) is 17.5 Å². The predicted octanol–water partition coefficient (Wildman–Crippen LogP) is 4.86. The fraction of sp³-hybridized carbons (Fsp3) is 0.321. The van der Waals surface area contributed by atoms with Gasteiger partial charge in [0.2, 0.25) is 24.1 Å². The molecule has 2 heterocycles. The number of methoxy groups -OCH3 is 1. The van der Waals surface area contributed by atoms with Crippen molar-refractivity contribution >= 4 is 47.0 Å². The molecule has 0 bridgehead atoms. The van der Waals surface area contributed by atoms with Crippen LogP contribution >= 0.6 is 0 Å². The molecule has 1 aliphatic rings. The molecule has 222 valence electrons. The first kappa shape index (κ1) is 30.1. The van der Waals surface area contributed by atoms with E-state index in [2.05, 4.69) is 42.8 Å². The lowest BCUT2D eigenvalue weighted by Crippen LogP contribution is -2.33. The van der Waals surface area contributed by atoms with E-state index < -0.39 is 23.5 Å². The molecule has 0 saturated heterocycles. The third-order valence-corrected chi connectivity index (χ3v) is 6.40. The Hall–Kier alpha value is -4.88. The number of pyridine rings is 1. The Morgan fingerprint density at radius 1 is 1.14 bits per heavy atom. The zero-order chi connectivity index (χ0) is 30.1. The Morgan fingerprint density at radius 2 is 1.93 bits per heavy atom. The fourth-order valence-electron chi connectivity index (χ4n) is 4.07. The monoisotopic (exact) mass is 584 g/mol. The highest BCUT2D eigenvalue weighted by Gasteiger charge is 2.35. The zero-order valence-electron chi connectivity index (χ0n) is 22.9. The number of amides is 2. The SMILES string of the molecule is C=CC(=O)Nc1cccc(Nc2nc(Nc3ccc(N(CCNC=O)CCC4CC4)nc3OC)ncc2C(F)(F)F)c1. The standard InChI is InChI=1S/C28H31F3N8O3/c1-3-24(41)34-19-5-4-6-20(15-19)35-25-21(28(29,30)31)16-33-27(38-25)36-22-9-10-23(37-26(22)42-2)39(14-12-32-17-40)13-11-18-7-8-18/h3-6,9-10,15-18H,1,7-8,11-14H2,2H3,(H,32,40)(H,34,41)(H2,33,35,36,38). The Morgan fingerprint density at radius 3 is 2.62 bits per heavy atom. The van der Waals surface area contributed by atoms with Crippen molar-refractivity contribution in [3.63, 3.8) is 0 Å². The molecule has 1 saturated carbocycles. The van der Waals surface area contributed by atoms with E-state index in [0.717, 1.165) is 19.0 Å². The molecule has 3 aromatic rings. The largest absolute Gasteiger partial charge is 0.479 e. The summed E-state index contributed by atoms with van der Waals surface area (Å²) in [5, 5.41) is 10.8. The van der Waals surface area contributed by atoms with Gasteiger partial charge < -0.3 is 30.9 Å². The third kappa shape index (κ3) is 8.32. The van der Waals surface area contributed by atoms with Gasteiger partial charge in [-0.1, -0.05) is 25.5 Å². The summed E-state index contributed by atoms with van der Waals surface area (Å²) in [6, 6.07) is 9.57. The molecule has 0 atom stereocenters. The first-order valence-electron chi connectivity index (χ1n) is 13.2. The van der Waals surface area contributed by atoms with Crippen molar-refractivity contribution < 1.29 is 27.5 Å². The second-order valence-electron chi connectivity index (χ2n) is 9.50. The Balaban J connectivity index is 1.57. The molecule has 11 nitrogen and oxygen atoms in total. The van der Waals surface area contributed by atoms with Crippen LogP contribution in [0.25, 0.3) is 0 Å². The van der Waals surface area contributed by atoms with Gasteiger partial charge in [0.05, 0.1) is 7.11 Å². The highest BCUT2D eigenvalue weighted by molar-refractivity contribution is 5.99. The van der Waals surface area contributed by atoms with Crippen LogP contribution in [0.15, 0.2) is 55.3 Å². The Bertz CT molecular complexity index is 1420. The summed E-state index contributed by atoms with van der Waals surface area (Å²) in [6.07, 6.45) is 1.09. The number of halogens is 3. The summed E-state index contributed by atoms with van der Waals surface area (Å²) in [4.78, 5) is 36.9. The van der Waals surface area contributed by atoms with E-state index in [1.54, 1.807) is 24.3 Å². The lowest BCUT2D eigenvalue weighted by molar-refractivity contribution is -0.137. The second-order valence-corrected chi connectivity index (χ2v) is 9.50. The molecule has 0 aliphatic heterocycles. The van der Waals surface area contributed by atoms with Gasteiger partial charge in [-0.3, -0.25) is 9.59 Å². The number of carbonyl (C=O) groups excluding carboxylic acids is 2. The van der Waals surface area contributed by atoms with E-state index in [1.807, 2.05) is 4.90 Å². The second kappa shape index (κ2) is 13.7. The van der Waals surface area contributed by atoms with Gasteiger partial charge in [0.1, 0.15) is 22.9 Å². The number of rotatable bonds is 15. The molecule has 4 rings (SSSR count). The Kier molecular flexibility index (Phi) is 9.78. The number of aromatic nitrogens is 3. The van der Waals surface area contributed by atoms with Gasteiger partial charge in [-0.25, -0.2) is 4.98 Å². The number of carbonyl (C=O) groups is 2. The highest BCUT2D eigenvalue weighted by atomic mass is 19.4. The van der Waals surface area contributed by atoms with Crippen molar-refractivity contribution in [1.82, 2.24) is 20.3 Å². The first-order valence-corrected chi connectivity index (χ1v) is 13.2. The zero-order valence-corrected chi connectivity index (χ0v) is 22.9. The summed E-state index contributed by atoms with van der Waals surface area (Å²) >= 11 is 0. The van der Waals surface area contributed by atoms with E-state index in [1.165, 1.54) is 32.1 Å². The number of hydrogen-bond acceptors (Lipinski definition) is 9. The number of benzene rings is 1. The fourth-order valence-corrected chi connectivity index (χ4v) is 4.07. The van der Waals surface area contributed by atoms with Crippen molar-refractivity contribution in [3.8, 4) is 5.88 Å². The van der Waals surface area contributed by atoms with Gasteiger partial charge in [-0.15, -0.1) is 0 Å². The first-order chi connectivity index (χ1) is 20.2. The lowest BCUT2D eigenvalue weighted by atomic mass is 10.2. The molecule has 0 radical (unpaired) electrons. The normalized spacial score (nSPS) is 12.7. The maximum atomic E-state index is 13.8. The van der Waals surface area contributed by atoms with Crippen molar-refractivity contribution in [2.45, 2.75) is 25.4 Å². The van der Waals surface area contributed by atoms with Gasteiger partial charge in [0.25, 0.3) is 0 Å². The van der Waals surface area contributed by atoms with Crippen LogP contribution in [0.2, 0.25) is 0 Å². The van der Waals surface area contributed by atoms with Crippen LogP contribution in [-0.2, 0) is 15.8 Å². The summed E-state index contributed by atoms with van der Waals surface area (Å²) in [7, 11) is 1.43. The summed E-state index contributed by atoms with van der Waals surface area (Å²) < 4.78 is 46.9. The highest BCUT2D eigenvalue weighted by Crippen LogP contribution is 2.37. The molecule has 0 unspecified atom stereocenters. The minimum Gasteiger partial charge on any atom is -0.479 e. The summed E-state index contributed by atoms with van der Waals surface area (Å²) in [6.45, 7) is 5.12. The summed E-state index contributed by atoms with van der Waals surface area (Å²) in [5.41, 5.74) is -0.126. The smallest absolute Gasteiger partial charge is 0.421 e. The molecule has 4 N–H and O–H groups in total. The van der Waals surface area contributed by atoms with Crippen LogP contribution in [-0.4, -0.2) is 54.0 Å². The van der Waals surface area contributed by atoms with E-state index in [4.69, 9.17) is 4.74 Å². The number of alkyl halides is 3. The average Bonchev–Trinajstić information content (AvgIpc) is 3.79. The van der Waals surface area contributed by atoms with Crippen LogP contribution in [0.3, 0.4) is 0 Å². The van der Waals surface area contributed by atoms with E-state index >= 15 is 0 Å². The van der Waals surface area contributed by atoms with Crippen molar-refractivity contribution in [2.24, 2.45) is 5.92 Å². The number of nitrogens with zero attached hydrogens (tertiary/aromatic N) is 4. The van der Waals surface area contributed by atoms with E-state index in [0.29, 0.717) is 48.8 Å². The van der Waals surface area contributed by atoms with Gasteiger partial charge in [-0.05, 0) is 48.7 Å². The van der Waals surface area contributed by atoms with Crippen molar-refractivity contribution in [3.05, 3.63) is 60.8 Å². The third-order valence-electron chi connectivity index (χ3n) is 6.40. The Labute approximate surface area is 240 Å². The molecular formula is C28H31F3N8O3. The van der Waals surface area contributed by atoms with E-state index in [9.17, 15) is 22.8 Å². The molecule has 1 fully saturated rings. The van der Waals surface area contributed by atoms with Crippen LogP contribution < -0.4 is 30.9 Å². The topological polar surface area (TPSA) is 133 Å². The number of nitrogens with one attached hydrogen (secondary N) is 4. The number of anilines is 6. The average molecular weight is 585 g/mol. The van der Waals surface area contributed by atoms with Crippen LogP contribution in [0.1, 0.15) is 24.8 Å². The summed E-state index contributed by atoms with van der Waals surface area (Å²) in [5.74, 6) is 0.428. The van der Waals surface area contributed by atoms with Crippen LogP contribution in [0, 0.1) is 5.92 Å². The van der Waals surface area contributed by atoms with Gasteiger partial charge in [-0.2, -0.15) is 23.1 Å². The molecule has 1 aliphatic carbocycles. The van der Waals surface area contributed by atoms with Crippen LogP contribution in [0.5, 0.6) is 5.88 Å². The number of ether oxygens (including phenoxy) is 1. The van der Waals surface area contributed by atoms with Crippen molar-refractivity contribution in [1.29, 1.82) is 0 Å². The number of hydrogen-bond donors (Lipinski definition) is 4. The van der Waals surface area contributed by atoms with Gasteiger partial charge in [0, 0.05) is 37.2 Å². The quantitative estimate of drug-likeness (QED) is 0.112. The van der Waals surface area contributed by atoms with Gasteiger partial charge in [0.15, 0.2) is 0 Å². The molecule has 1 aromatic carbocycles.